The van der Waals surface area contributed by atoms with E-state index in [1.54, 1.807) is 48.5 Å². The molecule has 2 aliphatic heterocycles. The van der Waals surface area contributed by atoms with Gasteiger partial charge < -0.3 is 20.7 Å². The Hall–Kier alpha value is -4.10. The summed E-state index contributed by atoms with van der Waals surface area (Å²) in [5.74, 6) is -6.71. The SMILES string of the molecule is NC(=O)[C@H](CCC(F)(F)F)[C@H](CCC(F)(F)F)C(=O)N[C@H]1N=C(c2ccccc2)c2cccc3c2N(CCCO3)C1=O. The number of nitrogens with one attached hydrogen (secondary N) is 1. The zero-order valence-electron chi connectivity index (χ0n) is 22.2. The molecular weight excluding hydrogens is 570 g/mol. The summed E-state index contributed by atoms with van der Waals surface area (Å²) < 4.78 is 84.1. The first kappa shape index (κ1) is 30.8. The van der Waals surface area contributed by atoms with E-state index < -0.39 is 73.8 Å². The molecular formula is C28H28F6N4O4. The van der Waals surface area contributed by atoms with E-state index in [0.717, 1.165) is 0 Å². The number of anilines is 1. The molecule has 0 radical (unpaired) electrons. The van der Waals surface area contributed by atoms with Gasteiger partial charge in [0.05, 0.1) is 18.0 Å². The number of nitrogens with zero attached hydrogens (tertiary/aromatic N) is 2. The summed E-state index contributed by atoms with van der Waals surface area (Å²) in [5, 5.41) is 2.33. The minimum absolute atomic E-state index is 0.166. The lowest BCUT2D eigenvalue weighted by Crippen LogP contribution is -2.51. The summed E-state index contributed by atoms with van der Waals surface area (Å²) in [6, 6.07) is 13.7. The van der Waals surface area contributed by atoms with Crippen molar-refractivity contribution in [3.05, 3.63) is 59.7 Å². The third-order valence-electron chi connectivity index (χ3n) is 7.06. The van der Waals surface area contributed by atoms with E-state index in [1.165, 1.54) is 4.90 Å². The fraction of sp³-hybridized carbons (Fsp3) is 0.429. The highest BCUT2D eigenvalue weighted by Crippen LogP contribution is 2.39. The van der Waals surface area contributed by atoms with Crippen molar-refractivity contribution in [1.82, 2.24) is 5.32 Å². The molecule has 226 valence electrons. The molecule has 0 aliphatic carbocycles. The van der Waals surface area contributed by atoms with Crippen LogP contribution >= 0.6 is 0 Å². The number of carbonyl (C=O) groups excluding carboxylic acids is 3. The molecule has 0 aromatic heterocycles. The molecule has 0 bridgehead atoms. The minimum Gasteiger partial charge on any atom is -0.491 e. The predicted molar refractivity (Wildman–Crippen MR) is 140 cm³/mol. The lowest BCUT2D eigenvalue weighted by Gasteiger charge is -2.28. The summed E-state index contributed by atoms with van der Waals surface area (Å²) in [6.45, 7) is 0.452. The Labute approximate surface area is 236 Å². The van der Waals surface area contributed by atoms with Gasteiger partial charge in [-0.2, -0.15) is 26.3 Å². The van der Waals surface area contributed by atoms with E-state index >= 15 is 0 Å². The Kier molecular flexibility index (Phi) is 9.12. The number of primary amides is 1. The summed E-state index contributed by atoms with van der Waals surface area (Å²) in [4.78, 5) is 45.3. The summed E-state index contributed by atoms with van der Waals surface area (Å²) in [7, 11) is 0. The predicted octanol–water partition coefficient (Wildman–Crippen LogP) is 4.50. The van der Waals surface area contributed by atoms with Crippen molar-refractivity contribution in [2.24, 2.45) is 22.6 Å². The van der Waals surface area contributed by atoms with Crippen LogP contribution in [0.15, 0.2) is 53.5 Å². The Morgan fingerprint density at radius 2 is 1.62 bits per heavy atom. The van der Waals surface area contributed by atoms with Gasteiger partial charge in [-0.05, 0) is 25.3 Å². The van der Waals surface area contributed by atoms with E-state index in [0.29, 0.717) is 29.0 Å². The Morgan fingerprint density at radius 1 is 0.976 bits per heavy atom. The Balaban J connectivity index is 1.75. The molecule has 2 heterocycles. The van der Waals surface area contributed by atoms with Crippen molar-refractivity contribution in [2.75, 3.05) is 18.1 Å². The Morgan fingerprint density at radius 3 is 2.24 bits per heavy atom. The molecule has 8 nitrogen and oxygen atoms in total. The zero-order chi connectivity index (χ0) is 30.7. The van der Waals surface area contributed by atoms with Gasteiger partial charge in [-0.1, -0.05) is 42.5 Å². The van der Waals surface area contributed by atoms with Crippen molar-refractivity contribution in [3.63, 3.8) is 0 Å². The minimum atomic E-state index is -4.77. The van der Waals surface area contributed by atoms with E-state index in [2.05, 4.69) is 10.3 Å². The number of alkyl halides is 6. The van der Waals surface area contributed by atoms with Crippen molar-refractivity contribution in [2.45, 2.75) is 50.6 Å². The largest absolute Gasteiger partial charge is 0.491 e. The smallest absolute Gasteiger partial charge is 0.389 e. The number of ether oxygens (including phenoxy) is 1. The number of para-hydroxylation sites is 1. The van der Waals surface area contributed by atoms with Crippen LogP contribution in [0, 0.1) is 11.8 Å². The van der Waals surface area contributed by atoms with Crippen molar-refractivity contribution >= 4 is 29.1 Å². The Bertz CT molecular complexity index is 1350. The second-order valence-electron chi connectivity index (χ2n) is 10.0. The number of hydrogen-bond donors (Lipinski definition) is 2. The van der Waals surface area contributed by atoms with Crippen molar-refractivity contribution < 1.29 is 45.5 Å². The molecule has 0 saturated carbocycles. The average Bonchev–Trinajstić information content (AvgIpc) is 3.20. The number of carbonyl (C=O) groups is 3. The number of rotatable bonds is 9. The summed E-state index contributed by atoms with van der Waals surface area (Å²) >= 11 is 0. The van der Waals surface area contributed by atoms with E-state index in [4.69, 9.17) is 10.5 Å². The number of hydrogen-bond acceptors (Lipinski definition) is 5. The topological polar surface area (TPSA) is 114 Å². The normalized spacial score (nSPS) is 18.5. The zero-order valence-corrected chi connectivity index (χ0v) is 22.2. The molecule has 3 amide bonds. The highest BCUT2D eigenvalue weighted by atomic mass is 19.4. The highest BCUT2D eigenvalue weighted by molar-refractivity contribution is 6.21. The van der Waals surface area contributed by atoms with Gasteiger partial charge >= 0.3 is 12.4 Å². The fourth-order valence-corrected chi connectivity index (χ4v) is 5.10. The second kappa shape index (κ2) is 12.4. The maximum Gasteiger partial charge on any atom is 0.389 e. The molecule has 42 heavy (non-hydrogen) atoms. The van der Waals surface area contributed by atoms with Crippen LogP contribution in [0.2, 0.25) is 0 Å². The first-order valence-electron chi connectivity index (χ1n) is 13.2. The third-order valence-corrected chi connectivity index (χ3v) is 7.06. The van der Waals surface area contributed by atoms with Gasteiger partial charge in [-0.25, -0.2) is 4.99 Å². The molecule has 2 aromatic rings. The molecule has 0 spiro atoms. The van der Waals surface area contributed by atoms with Crippen LogP contribution in [0.25, 0.3) is 0 Å². The summed E-state index contributed by atoms with van der Waals surface area (Å²) in [6.07, 6.45) is -15.9. The maximum absolute atomic E-state index is 13.8. The number of amides is 3. The molecule has 0 unspecified atom stereocenters. The third kappa shape index (κ3) is 7.39. The molecule has 0 fully saturated rings. The monoisotopic (exact) mass is 598 g/mol. The molecule has 2 aliphatic rings. The number of aliphatic imine (C=N–C) groups is 1. The maximum atomic E-state index is 13.8. The van der Waals surface area contributed by atoms with Crippen molar-refractivity contribution in [3.8, 4) is 5.75 Å². The first-order valence-corrected chi connectivity index (χ1v) is 13.2. The van der Waals surface area contributed by atoms with Crippen LogP contribution < -0.4 is 20.7 Å². The van der Waals surface area contributed by atoms with Crippen LogP contribution in [0.4, 0.5) is 32.0 Å². The lowest BCUT2D eigenvalue weighted by atomic mass is 9.83. The van der Waals surface area contributed by atoms with Gasteiger partial charge in [0.1, 0.15) is 5.75 Å². The van der Waals surface area contributed by atoms with Gasteiger partial charge in [-0.3, -0.25) is 14.4 Å². The summed E-state index contributed by atoms with van der Waals surface area (Å²) in [5.41, 5.74) is 7.01. The fourth-order valence-electron chi connectivity index (χ4n) is 5.10. The molecule has 4 rings (SSSR count). The molecule has 0 saturated heterocycles. The van der Waals surface area contributed by atoms with E-state index in [-0.39, 0.29) is 18.9 Å². The van der Waals surface area contributed by atoms with Gasteiger partial charge in [0.15, 0.2) is 0 Å². The van der Waals surface area contributed by atoms with Gasteiger partial charge in [0, 0.05) is 42.3 Å². The highest BCUT2D eigenvalue weighted by Gasteiger charge is 2.42. The standard InChI is InChI=1S/C28H28F6N4O4/c29-27(30,31)12-10-17(23(35)39)18(11-13-28(32,33)34)25(40)37-24-26(41)38-14-5-15-42-20-9-4-8-19(22(20)38)21(36-24)16-6-2-1-3-7-16/h1-4,6-9,17-18,24H,5,10-15H2,(H2,35,39)(H,37,40)/t17-,18+,24-/m1/s1. The first-order chi connectivity index (χ1) is 19.7. The van der Waals surface area contributed by atoms with Crippen LogP contribution in [0.1, 0.15) is 43.2 Å². The molecule has 3 atom stereocenters. The van der Waals surface area contributed by atoms with Crippen LogP contribution in [0.3, 0.4) is 0 Å². The van der Waals surface area contributed by atoms with Gasteiger partial charge in [-0.15, -0.1) is 0 Å². The quantitative estimate of drug-likeness (QED) is 0.414. The van der Waals surface area contributed by atoms with Gasteiger partial charge in [0.25, 0.3) is 5.91 Å². The number of benzene rings is 2. The average molecular weight is 599 g/mol. The van der Waals surface area contributed by atoms with E-state index in [9.17, 15) is 40.7 Å². The lowest BCUT2D eigenvalue weighted by molar-refractivity contribution is -0.152. The molecule has 3 N–H and O–H groups in total. The number of nitrogens with two attached hydrogens (primary N) is 1. The van der Waals surface area contributed by atoms with Crippen LogP contribution in [-0.4, -0.2) is 55.1 Å². The van der Waals surface area contributed by atoms with E-state index in [1.807, 2.05) is 0 Å². The second-order valence-corrected chi connectivity index (χ2v) is 10.0. The van der Waals surface area contributed by atoms with Gasteiger partial charge in [0.2, 0.25) is 18.0 Å². The molecule has 14 heteroatoms. The molecule has 2 aromatic carbocycles. The van der Waals surface area contributed by atoms with Crippen LogP contribution in [0.5, 0.6) is 5.75 Å². The van der Waals surface area contributed by atoms with Crippen LogP contribution in [-0.2, 0) is 14.4 Å². The van der Waals surface area contributed by atoms with Crippen molar-refractivity contribution in [1.29, 1.82) is 0 Å². The number of halogens is 6.